The maximum atomic E-state index is 12.1. The van der Waals surface area contributed by atoms with Gasteiger partial charge in [0.2, 0.25) is 5.91 Å². The van der Waals surface area contributed by atoms with Crippen LogP contribution in [0.25, 0.3) is 0 Å². The van der Waals surface area contributed by atoms with Crippen molar-refractivity contribution in [3.63, 3.8) is 0 Å². The molecular formula is C16H20Cl2N4OS. The Hall–Kier alpha value is -1.24. The maximum absolute atomic E-state index is 12.1. The Morgan fingerprint density at radius 2 is 2.04 bits per heavy atom. The molecule has 0 aliphatic heterocycles. The SMILES string of the molecule is CCCCc1nnc(SCC(=O)Nc2ccc(Cl)c(Cl)c2)n1CC. The fraction of sp³-hybridized carbons (Fsp3) is 0.438. The van der Waals surface area contributed by atoms with Gasteiger partial charge in [-0.3, -0.25) is 4.79 Å². The van der Waals surface area contributed by atoms with Crippen LogP contribution >= 0.6 is 35.0 Å². The average Bonchev–Trinajstić information content (AvgIpc) is 2.96. The number of rotatable bonds is 8. The number of nitrogens with one attached hydrogen (secondary N) is 1. The summed E-state index contributed by atoms with van der Waals surface area (Å²) in [6.07, 6.45) is 3.11. The summed E-state index contributed by atoms with van der Waals surface area (Å²) in [6, 6.07) is 5.00. The van der Waals surface area contributed by atoms with Crippen molar-refractivity contribution in [2.75, 3.05) is 11.1 Å². The lowest BCUT2D eigenvalue weighted by Crippen LogP contribution is -2.14. The van der Waals surface area contributed by atoms with Crippen molar-refractivity contribution in [2.24, 2.45) is 0 Å². The number of carbonyl (C=O) groups excluding carboxylic acids is 1. The van der Waals surface area contributed by atoms with Gasteiger partial charge in [-0.1, -0.05) is 48.3 Å². The van der Waals surface area contributed by atoms with E-state index in [0.717, 1.165) is 36.8 Å². The molecule has 0 radical (unpaired) electrons. The molecule has 24 heavy (non-hydrogen) atoms. The number of halogens is 2. The highest BCUT2D eigenvalue weighted by Gasteiger charge is 2.13. The Balaban J connectivity index is 1.93. The number of amides is 1. The van der Waals surface area contributed by atoms with Crippen LogP contribution in [0.4, 0.5) is 5.69 Å². The minimum Gasteiger partial charge on any atom is -0.325 e. The first-order valence-electron chi connectivity index (χ1n) is 7.84. The maximum Gasteiger partial charge on any atom is 0.234 e. The summed E-state index contributed by atoms with van der Waals surface area (Å²) in [4.78, 5) is 12.1. The summed E-state index contributed by atoms with van der Waals surface area (Å²) in [5, 5.41) is 12.9. The number of hydrogen-bond acceptors (Lipinski definition) is 4. The number of aryl methyl sites for hydroxylation is 1. The summed E-state index contributed by atoms with van der Waals surface area (Å²) in [7, 11) is 0. The molecule has 2 rings (SSSR count). The van der Waals surface area contributed by atoms with Crippen molar-refractivity contribution in [1.82, 2.24) is 14.8 Å². The molecule has 5 nitrogen and oxygen atoms in total. The Kier molecular flexibility index (Phi) is 7.40. The largest absolute Gasteiger partial charge is 0.325 e. The molecule has 0 atom stereocenters. The number of aromatic nitrogens is 3. The standard InChI is InChI=1S/C16H20Cl2N4OS/c1-3-5-6-14-20-21-16(22(14)4-2)24-10-15(23)19-11-7-8-12(17)13(18)9-11/h7-9H,3-6,10H2,1-2H3,(H,19,23). The van der Waals surface area contributed by atoms with Gasteiger partial charge < -0.3 is 9.88 Å². The molecule has 8 heteroatoms. The summed E-state index contributed by atoms with van der Waals surface area (Å²) in [6.45, 7) is 5.00. The predicted molar refractivity (Wildman–Crippen MR) is 100 cm³/mol. The van der Waals surface area contributed by atoms with E-state index in [-0.39, 0.29) is 11.7 Å². The zero-order valence-corrected chi connectivity index (χ0v) is 16.0. The molecule has 0 aliphatic rings. The van der Waals surface area contributed by atoms with E-state index in [9.17, 15) is 4.79 Å². The lowest BCUT2D eigenvalue weighted by Gasteiger charge is -2.08. The molecule has 1 amide bonds. The van der Waals surface area contributed by atoms with Crippen molar-refractivity contribution in [1.29, 1.82) is 0 Å². The molecule has 0 saturated carbocycles. The third kappa shape index (κ3) is 5.13. The van der Waals surface area contributed by atoms with Gasteiger partial charge in [-0.25, -0.2) is 0 Å². The van der Waals surface area contributed by atoms with Gasteiger partial charge in [-0.05, 0) is 31.5 Å². The number of benzene rings is 1. The Labute approximate surface area is 156 Å². The van der Waals surface area contributed by atoms with Gasteiger partial charge in [0.1, 0.15) is 5.82 Å². The van der Waals surface area contributed by atoms with E-state index >= 15 is 0 Å². The molecule has 2 aromatic rings. The topological polar surface area (TPSA) is 59.8 Å². The number of unbranched alkanes of at least 4 members (excludes halogenated alkanes) is 1. The molecule has 0 saturated heterocycles. The second kappa shape index (κ2) is 9.30. The first-order valence-corrected chi connectivity index (χ1v) is 9.59. The van der Waals surface area contributed by atoms with E-state index in [0.29, 0.717) is 15.7 Å². The quantitative estimate of drug-likeness (QED) is 0.669. The van der Waals surface area contributed by atoms with Crippen LogP contribution in [0, 0.1) is 0 Å². The van der Waals surface area contributed by atoms with Gasteiger partial charge in [0.25, 0.3) is 0 Å². The van der Waals surface area contributed by atoms with Crippen LogP contribution in [0.15, 0.2) is 23.4 Å². The van der Waals surface area contributed by atoms with Crippen molar-refractivity contribution >= 4 is 46.6 Å². The van der Waals surface area contributed by atoms with Gasteiger partial charge in [-0.2, -0.15) is 0 Å². The summed E-state index contributed by atoms with van der Waals surface area (Å²) < 4.78 is 2.06. The van der Waals surface area contributed by atoms with E-state index in [4.69, 9.17) is 23.2 Å². The van der Waals surface area contributed by atoms with Crippen LogP contribution < -0.4 is 5.32 Å². The molecule has 1 heterocycles. The Morgan fingerprint density at radius 1 is 1.25 bits per heavy atom. The van der Waals surface area contributed by atoms with Crippen molar-refractivity contribution in [3.8, 4) is 0 Å². The van der Waals surface area contributed by atoms with E-state index in [1.54, 1.807) is 18.2 Å². The lowest BCUT2D eigenvalue weighted by atomic mass is 10.2. The van der Waals surface area contributed by atoms with E-state index < -0.39 is 0 Å². The van der Waals surface area contributed by atoms with Crippen LogP contribution in [-0.2, 0) is 17.8 Å². The monoisotopic (exact) mass is 386 g/mol. The minimum absolute atomic E-state index is 0.126. The number of anilines is 1. The number of hydrogen-bond donors (Lipinski definition) is 1. The molecule has 0 unspecified atom stereocenters. The van der Waals surface area contributed by atoms with Crippen LogP contribution in [0.1, 0.15) is 32.5 Å². The fourth-order valence-electron chi connectivity index (χ4n) is 2.16. The molecule has 0 fully saturated rings. The first-order chi connectivity index (χ1) is 11.5. The second-order valence-electron chi connectivity index (χ2n) is 5.21. The third-order valence-electron chi connectivity index (χ3n) is 3.40. The van der Waals surface area contributed by atoms with Gasteiger partial charge in [0.05, 0.1) is 15.8 Å². The Morgan fingerprint density at radius 3 is 2.71 bits per heavy atom. The number of nitrogens with zero attached hydrogens (tertiary/aromatic N) is 3. The summed E-state index contributed by atoms with van der Waals surface area (Å²) in [5.41, 5.74) is 0.621. The van der Waals surface area contributed by atoms with Crippen LogP contribution in [0.2, 0.25) is 10.0 Å². The van der Waals surface area contributed by atoms with E-state index in [2.05, 4.69) is 33.9 Å². The molecular weight excluding hydrogens is 367 g/mol. The van der Waals surface area contributed by atoms with Crippen LogP contribution in [-0.4, -0.2) is 26.4 Å². The number of thioether (sulfide) groups is 1. The molecule has 130 valence electrons. The predicted octanol–water partition coefficient (Wildman–Crippen LogP) is 4.68. The summed E-state index contributed by atoms with van der Waals surface area (Å²) >= 11 is 13.2. The first kappa shape index (κ1) is 19.1. The molecule has 1 N–H and O–H groups in total. The average molecular weight is 387 g/mol. The minimum atomic E-state index is -0.126. The molecule has 0 aliphatic carbocycles. The second-order valence-corrected chi connectivity index (χ2v) is 6.97. The van der Waals surface area contributed by atoms with E-state index in [1.165, 1.54) is 11.8 Å². The molecule has 1 aromatic heterocycles. The highest BCUT2D eigenvalue weighted by atomic mass is 35.5. The zero-order chi connectivity index (χ0) is 17.5. The molecule has 0 bridgehead atoms. The number of carbonyl (C=O) groups is 1. The van der Waals surface area contributed by atoms with Crippen LogP contribution in [0.3, 0.4) is 0 Å². The Bertz CT molecular complexity index is 705. The lowest BCUT2D eigenvalue weighted by molar-refractivity contribution is -0.113. The van der Waals surface area contributed by atoms with Crippen molar-refractivity contribution in [3.05, 3.63) is 34.1 Å². The highest BCUT2D eigenvalue weighted by Crippen LogP contribution is 2.25. The summed E-state index contributed by atoms with van der Waals surface area (Å²) in [5.74, 6) is 1.11. The fourth-order valence-corrected chi connectivity index (χ4v) is 3.28. The highest BCUT2D eigenvalue weighted by molar-refractivity contribution is 7.99. The van der Waals surface area contributed by atoms with Gasteiger partial charge in [0, 0.05) is 18.7 Å². The molecule has 1 aromatic carbocycles. The third-order valence-corrected chi connectivity index (χ3v) is 5.11. The van der Waals surface area contributed by atoms with Gasteiger partial charge >= 0.3 is 0 Å². The smallest absolute Gasteiger partial charge is 0.234 e. The van der Waals surface area contributed by atoms with Crippen molar-refractivity contribution < 1.29 is 4.79 Å². The van der Waals surface area contributed by atoms with Crippen molar-refractivity contribution in [2.45, 2.75) is 44.8 Å². The van der Waals surface area contributed by atoms with Crippen LogP contribution in [0.5, 0.6) is 0 Å². The van der Waals surface area contributed by atoms with E-state index in [1.807, 2.05) is 0 Å². The van der Waals surface area contributed by atoms with Gasteiger partial charge in [-0.15, -0.1) is 10.2 Å². The zero-order valence-electron chi connectivity index (χ0n) is 13.7. The molecule has 0 spiro atoms. The van der Waals surface area contributed by atoms with Gasteiger partial charge in [0.15, 0.2) is 5.16 Å². The normalized spacial score (nSPS) is 10.8.